The molecule has 3 rings (SSSR count). The van der Waals surface area contributed by atoms with Crippen molar-refractivity contribution in [3.05, 3.63) is 59.9 Å². The second-order valence-corrected chi connectivity index (χ2v) is 6.83. The molecule has 0 amide bonds. The van der Waals surface area contributed by atoms with Crippen molar-refractivity contribution in [1.29, 1.82) is 0 Å². The Kier molecular flexibility index (Phi) is 7.00. The van der Waals surface area contributed by atoms with Crippen molar-refractivity contribution in [3.63, 3.8) is 0 Å². The van der Waals surface area contributed by atoms with Crippen molar-refractivity contribution in [2.45, 2.75) is 19.5 Å². The first-order valence-corrected chi connectivity index (χ1v) is 9.34. The van der Waals surface area contributed by atoms with Crippen LogP contribution in [0.1, 0.15) is 24.1 Å². The van der Waals surface area contributed by atoms with Crippen molar-refractivity contribution in [2.24, 2.45) is 0 Å². The van der Waals surface area contributed by atoms with E-state index in [1.54, 1.807) is 0 Å². The highest BCUT2D eigenvalue weighted by atomic mass is 16.5. The number of rotatable bonds is 8. The monoisotopic (exact) mass is 355 g/mol. The predicted octanol–water partition coefficient (Wildman–Crippen LogP) is 2.99. The second kappa shape index (κ2) is 9.67. The number of hydrogen-bond donors (Lipinski definition) is 0. The van der Waals surface area contributed by atoms with Crippen LogP contribution in [0.5, 0.6) is 5.75 Å². The summed E-state index contributed by atoms with van der Waals surface area (Å²) in [6, 6.07) is 12.8. The first-order chi connectivity index (χ1) is 12.7. The zero-order valence-electron chi connectivity index (χ0n) is 15.8. The summed E-state index contributed by atoms with van der Waals surface area (Å²) in [5.41, 5.74) is 2.49. The van der Waals surface area contributed by atoms with Crippen LogP contribution in [0, 0.1) is 0 Å². The van der Waals surface area contributed by atoms with Crippen LogP contribution in [0.4, 0.5) is 0 Å². The Morgan fingerprint density at radius 2 is 2.08 bits per heavy atom. The smallest absolute Gasteiger partial charge is 0.119 e. The average molecular weight is 355 g/mol. The van der Waals surface area contributed by atoms with Gasteiger partial charge < -0.3 is 9.47 Å². The Morgan fingerprint density at radius 3 is 2.85 bits per heavy atom. The molecule has 26 heavy (non-hydrogen) atoms. The van der Waals surface area contributed by atoms with Gasteiger partial charge in [-0.05, 0) is 43.3 Å². The number of aromatic nitrogens is 1. The fraction of sp³-hybridized carbons (Fsp3) is 0.476. The molecule has 1 aromatic carbocycles. The van der Waals surface area contributed by atoms with Gasteiger partial charge in [0.1, 0.15) is 12.4 Å². The molecule has 0 radical (unpaired) electrons. The first-order valence-electron chi connectivity index (χ1n) is 9.34. The topological polar surface area (TPSA) is 37.8 Å². The second-order valence-electron chi connectivity index (χ2n) is 6.83. The van der Waals surface area contributed by atoms with E-state index >= 15 is 0 Å². The molecule has 0 saturated carbocycles. The average Bonchev–Trinajstić information content (AvgIpc) is 2.69. The number of hydrogen-bond acceptors (Lipinski definition) is 5. The summed E-state index contributed by atoms with van der Waals surface area (Å²) in [6.07, 6.45) is 3.75. The first kappa shape index (κ1) is 18.8. The Labute approximate surface area is 156 Å². The summed E-state index contributed by atoms with van der Waals surface area (Å²) in [5, 5.41) is 0. The van der Waals surface area contributed by atoms with Crippen molar-refractivity contribution in [1.82, 2.24) is 14.8 Å². The van der Waals surface area contributed by atoms with Crippen molar-refractivity contribution in [2.75, 3.05) is 46.5 Å². The van der Waals surface area contributed by atoms with Gasteiger partial charge in [-0.1, -0.05) is 18.2 Å². The molecule has 0 N–H and O–H groups in total. The maximum absolute atomic E-state index is 5.97. The number of morpholine rings is 1. The lowest BCUT2D eigenvalue weighted by Crippen LogP contribution is -2.38. The molecule has 5 heteroatoms. The van der Waals surface area contributed by atoms with Gasteiger partial charge >= 0.3 is 0 Å². The minimum absolute atomic E-state index is 0.314. The molecule has 0 unspecified atom stereocenters. The molecule has 1 atom stereocenters. The number of pyridine rings is 1. The third kappa shape index (κ3) is 5.53. The molecule has 2 aromatic rings. The van der Waals surface area contributed by atoms with E-state index in [1.165, 1.54) is 11.1 Å². The Hall–Kier alpha value is -1.95. The van der Waals surface area contributed by atoms with Gasteiger partial charge in [0.15, 0.2) is 0 Å². The van der Waals surface area contributed by atoms with E-state index in [4.69, 9.17) is 9.47 Å². The van der Waals surface area contributed by atoms with E-state index in [0.29, 0.717) is 12.6 Å². The lowest BCUT2D eigenvalue weighted by molar-refractivity contribution is 0.0322. The molecule has 0 aliphatic carbocycles. The third-order valence-corrected chi connectivity index (χ3v) is 4.94. The highest BCUT2D eigenvalue weighted by Gasteiger charge is 2.13. The standard InChI is InChI=1S/C21H29N3O2/c1-18(20-6-4-8-22-16-20)23(2)17-19-5-3-7-21(15-19)26-14-11-24-9-12-25-13-10-24/h3-8,15-16,18H,9-14,17H2,1-2H3/t18-/m0/s1. The van der Waals surface area contributed by atoms with Crippen LogP contribution in [-0.2, 0) is 11.3 Å². The van der Waals surface area contributed by atoms with Crippen LogP contribution in [0.3, 0.4) is 0 Å². The maximum Gasteiger partial charge on any atom is 0.119 e. The minimum Gasteiger partial charge on any atom is -0.492 e. The molecular formula is C21H29N3O2. The lowest BCUT2D eigenvalue weighted by atomic mass is 10.1. The summed E-state index contributed by atoms with van der Waals surface area (Å²) < 4.78 is 11.3. The summed E-state index contributed by atoms with van der Waals surface area (Å²) >= 11 is 0. The van der Waals surface area contributed by atoms with Gasteiger partial charge in [-0.25, -0.2) is 0 Å². The normalized spacial score (nSPS) is 16.6. The van der Waals surface area contributed by atoms with E-state index in [9.17, 15) is 0 Å². The van der Waals surface area contributed by atoms with Crippen molar-refractivity contribution < 1.29 is 9.47 Å². The van der Waals surface area contributed by atoms with Crippen LogP contribution >= 0.6 is 0 Å². The van der Waals surface area contributed by atoms with Gasteiger partial charge in [0.25, 0.3) is 0 Å². The van der Waals surface area contributed by atoms with E-state index in [0.717, 1.165) is 45.1 Å². The molecule has 2 heterocycles. The largest absolute Gasteiger partial charge is 0.492 e. The summed E-state index contributed by atoms with van der Waals surface area (Å²) in [4.78, 5) is 8.93. The Bertz CT molecular complexity index is 659. The van der Waals surface area contributed by atoms with Gasteiger partial charge in [-0.2, -0.15) is 0 Å². The predicted molar refractivity (Wildman–Crippen MR) is 103 cm³/mol. The minimum atomic E-state index is 0.314. The summed E-state index contributed by atoms with van der Waals surface area (Å²) in [5.74, 6) is 0.943. The van der Waals surface area contributed by atoms with E-state index in [2.05, 4.69) is 53.0 Å². The zero-order valence-corrected chi connectivity index (χ0v) is 15.8. The molecule has 5 nitrogen and oxygen atoms in total. The maximum atomic E-state index is 5.97. The van der Waals surface area contributed by atoms with Gasteiger partial charge in [-0.3, -0.25) is 14.8 Å². The number of benzene rings is 1. The van der Waals surface area contributed by atoms with Crippen LogP contribution in [0.15, 0.2) is 48.8 Å². The molecule has 0 bridgehead atoms. The van der Waals surface area contributed by atoms with Crippen molar-refractivity contribution >= 4 is 0 Å². The SMILES string of the molecule is C[C@@H](c1cccnc1)N(C)Cc1cccc(OCCN2CCOCC2)c1. The lowest BCUT2D eigenvalue weighted by Gasteiger charge is -2.26. The molecule has 0 spiro atoms. The van der Waals surface area contributed by atoms with Crippen LogP contribution in [-0.4, -0.2) is 61.3 Å². The van der Waals surface area contributed by atoms with Crippen LogP contribution < -0.4 is 4.74 Å². The molecular weight excluding hydrogens is 326 g/mol. The molecule has 1 saturated heterocycles. The number of nitrogens with zero attached hydrogens (tertiary/aromatic N) is 3. The van der Waals surface area contributed by atoms with Gasteiger partial charge in [0.05, 0.1) is 13.2 Å². The molecule has 1 aliphatic rings. The fourth-order valence-electron chi connectivity index (χ4n) is 3.15. The van der Waals surface area contributed by atoms with Gasteiger partial charge in [0, 0.05) is 44.6 Å². The fourth-order valence-corrected chi connectivity index (χ4v) is 3.15. The summed E-state index contributed by atoms with van der Waals surface area (Å²) in [7, 11) is 2.14. The molecule has 1 aromatic heterocycles. The highest BCUT2D eigenvalue weighted by molar-refractivity contribution is 5.28. The van der Waals surface area contributed by atoms with E-state index in [1.807, 2.05) is 24.5 Å². The molecule has 1 fully saturated rings. The highest BCUT2D eigenvalue weighted by Crippen LogP contribution is 2.21. The number of ether oxygens (including phenoxy) is 2. The zero-order chi connectivity index (χ0) is 18.2. The van der Waals surface area contributed by atoms with Crippen molar-refractivity contribution in [3.8, 4) is 5.75 Å². The Morgan fingerprint density at radius 1 is 1.23 bits per heavy atom. The molecule has 1 aliphatic heterocycles. The van der Waals surface area contributed by atoms with Crippen LogP contribution in [0.2, 0.25) is 0 Å². The van der Waals surface area contributed by atoms with E-state index in [-0.39, 0.29) is 0 Å². The summed E-state index contributed by atoms with van der Waals surface area (Å²) in [6.45, 7) is 8.40. The van der Waals surface area contributed by atoms with Gasteiger partial charge in [0.2, 0.25) is 0 Å². The molecule has 140 valence electrons. The Balaban J connectivity index is 1.50. The third-order valence-electron chi connectivity index (χ3n) is 4.94. The van der Waals surface area contributed by atoms with Gasteiger partial charge in [-0.15, -0.1) is 0 Å². The van der Waals surface area contributed by atoms with E-state index < -0.39 is 0 Å². The van der Waals surface area contributed by atoms with Crippen LogP contribution in [0.25, 0.3) is 0 Å². The quantitative estimate of drug-likeness (QED) is 0.728.